The molecule has 2 aromatic heterocycles. The standard InChI is InChI=1S/C55H37N2OP/c58-59(44-19-9-3-10-20-44,45-21-11-4-12-22-45)46-32-29-39(30-33-46)38-25-27-40(28-26-38)42-31-34-52-49(35-42)48-37-54-50(36-51(48)55(56-52)41-15-5-1-6-16-41)47-23-13-14-24-53(47)57(54)43-17-7-2-8-18-43/h1-37H. The van der Waals surface area contributed by atoms with Crippen molar-refractivity contribution < 1.29 is 4.57 Å². The van der Waals surface area contributed by atoms with Crippen molar-refractivity contribution in [3.8, 4) is 39.2 Å². The Hall–Kier alpha value is -7.32. The highest BCUT2D eigenvalue weighted by atomic mass is 31.2. The molecule has 9 aromatic carbocycles. The van der Waals surface area contributed by atoms with Gasteiger partial charge in [0, 0.05) is 48.7 Å². The van der Waals surface area contributed by atoms with Crippen molar-refractivity contribution in [1.29, 1.82) is 0 Å². The largest absolute Gasteiger partial charge is 0.309 e. The first-order valence-corrected chi connectivity index (χ1v) is 21.7. The lowest BCUT2D eigenvalue weighted by Gasteiger charge is -2.20. The summed E-state index contributed by atoms with van der Waals surface area (Å²) < 4.78 is 17.3. The SMILES string of the molecule is O=P(c1ccccc1)(c1ccccc1)c1ccc(-c2ccc(-c3ccc4nc(-c5ccccc5)c5cc6c7ccccc7n(-c7ccccc7)c6cc5c4c3)cc2)cc1. The van der Waals surface area contributed by atoms with Crippen LogP contribution in [0.5, 0.6) is 0 Å². The molecule has 0 bridgehead atoms. The van der Waals surface area contributed by atoms with E-state index in [2.05, 4.69) is 156 Å². The van der Waals surface area contributed by atoms with Crippen LogP contribution in [0.3, 0.4) is 0 Å². The normalized spacial score (nSPS) is 11.8. The van der Waals surface area contributed by atoms with E-state index in [9.17, 15) is 4.57 Å². The maximum Gasteiger partial charge on any atom is 0.171 e. The molecule has 0 amide bonds. The maximum atomic E-state index is 14.9. The van der Waals surface area contributed by atoms with Crippen LogP contribution in [0.2, 0.25) is 0 Å². The second-order valence-electron chi connectivity index (χ2n) is 15.1. The Labute approximate surface area is 342 Å². The summed E-state index contributed by atoms with van der Waals surface area (Å²) in [5, 5.41) is 8.33. The third kappa shape index (κ3) is 5.90. The minimum absolute atomic E-state index is 0.823. The van der Waals surface area contributed by atoms with Gasteiger partial charge in [0.1, 0.15) is 0 Å². The summed E-state index contributed by atoms with van der Waals surface area (Å²) >= 11 is 0. The molecule has 3 nitrogen and oxygen atoms in total. The summed E-state index contributed by atoms with van der Waals surface area (Å²) in [6.07, 6.45) is 0. The smallest absolute Gasteiger partial charge is 0.171 e. The van der Waals surface area contributed by atoms with Crippen molar-refractivity contribution in [3.63, 3.8) is 0 Å². The second-order valence-corrected chi connectivity index (χ2v) is 17.8. The number of rotatable bonds is 7. The van der Waals surface area contributed by atoms with Gasteiger partial charge in [-0.3, -0.25) is 0 Å². The number of aromatic nitrogens is 2. The molecule has 0 spiro atoms. The molecule has 0 radical (unpaired) electrons. The van der Waals surface area contributed by atoms with Gasteiger partial charge in [0.2, 0.25) is 0 Å². The van der Waals surface area contributed by atoms with Crippen molar-refractivity contribution in [2.45, 2.75) is 0 Å². The van der Waals surface area contributed by atoms with Gasteiger partial charge in [-0.25, -0.2) is 4.98 Å². The van der Waals surface area contributed by atoms with Gasteiger partial charge in [0.15, 0.2) is 7.14 Å². The zero-order valence-corrected chi connectivity index (χ0v) is 33.0. The number of hydrogen-bond donors (Lipinski definition) is 0. The lowest BCUT2D eigenvalue weighted by molar-refractivity contribution is 0.592. The average molecular weight is 773 g/mol. The molecule has 0 fully saturated rings. The van der Waals surface area contributed by atoms with Crippen LogP contribution in [0.25, 0.3) is 82.7 Å². The van der Waals surface area contributed by atoms with Crippen LogP contribution in [-0.4, -0.2) is 9.55 Å². The summed E-state index contributed by atoms with van der Waals surface area (Å²) in [5.74, 6) is 0. The van der Waals surface area contributed by atoms with Gasteiger partial charge in [-0.2, -0.15) is 0 Å². The molecule has 0 atom stereocenters. The van der Waals surface area contributed by atoms with E-state index >= 15 is 0 Å². The highest BCUT2D eigenvalue weighted by Crippen LogP contribution is 2.43. The van der Waals surface area contributed by atoms with Crippen LogP contribution in [0, 0.1) is 0 Å². The fourth-order valence-corrected chi connectivity index (χ4v) is 11.4. The van der Waals surface area contributed by atoms with Crippen LogP contribution >= 0.6 is 7.14 Å². The number of pyridine rings is 1. The minimum atomic E-state index is -3.04. The van der Waals surface area contributed by atoms with E-state index < -0.39 is 7.14 Å². The molecule has 11 rings (SSSR count). The number of benzene rings is 9. The Morgan fingerprint density at radius 2 is 0.847 bits per heavy atom. The summed E-state index contributed by atoms with van der Waals surface area (Å²) in [7, 11) is -3.04. The Balaban J connectivity index is 1.02. The van der Waals surface area contributed by atoms with Crippen molar-refractivity contribution in [2.24, 2.45) is 0 Å². The Kier molecular flexibility index (Phi) is 8.43. The van der Waals surface area contributed by atoms with Gasteiger partial charge in [-0.05, 0) is 70.1 Å². The zero-order valence-electron chi connectivity index (χ0n) is 32.1. The van der Waals surface area contributed by atoms with E-state index in [4.69, 9.17) is 4.98 Å². The van der Waals surface area contributed by atoms with Gasteiger partial charge in [0.25, 0.3) is 0 Å². The molecule has 0 N–H and O–H groups in total. The van der Waals surface area contributed by atoms with E-state index in [1.165, 1.54) is 27.2 Å². The number of fused-ring (bicyclic) bond motifs is 6. The van der Waals surface area contributed by atoms with Gasteiger partial charge in [0.05, 0.1) is 22.2 Å². The molecule has 278 valence electrons. The van der Waals surface area contributed by atoms with E-state index in [1.807, 2.05) is 72.8 Å². The summed E-state index contributed by atoms with van der Waals surface area (Å²) in [6.45, 7) is 0. The van der Waals surface area contributed by atoms with Crippen LogP contribution in [0.15, 0.2) is 224 Å². The second kappa shape index (κ2) is 14.3. The first-order chi connectivity index (χ1) is 29.1. The zero-order chi connectivity index (χ0) is 39.3. The summed E-state index contributed by atoms with van der Waals surface area (Å²) in [5.41, 5.74) is 11.0. The van der Waals surface area contributed by atoms with Crippen molar-refractivity contribution in [2.75, 3.05) is 0 Å². The predicted molar refractivity (Wildman–Crippen MR) is 249 cm³/mol. The van der Waals surface area contributed by atoms with Crippen molar-refractivity contribution in [3.05, 3.63) is 224 Å². The van der Waals surface area contributed by atoms with Gasteiger partial charge >= 0.3 is 0 Å². The van der Waals surface area contributed by atoms with Gasteiger partial charge < -0.3 is 9.13 Å². The van der Waals surface area contributed by atoms with E-state index in [-0.39, 0.29) is 0 Å². The fraction of sp³-hybridized carbons (Fsp3) is 0. The van der Waals surface area contributed by atoms with E-state index in [0.717, 1.165) is 71.4 Å². The third-order valence-electron chi connectivity index (χ3n) is 11.7. The highest BCUT2D eigenvalue weighted by Gasteiger charge is 2.29. The number of hydrogen-bond acceptors (Lipinski definition) is 2. The molecule has 0 saturated heterocycles. The monoisotopic (exact) mass is 772 g/mol. The van der Waals surface area contributed by atoms with Crippen LogP contribution < -0.4 is 15.9 Å². The lowest BCUT2D eigenvalue weighted by Crippen LogP contribution is -2.24. The van der Waals surface area contributed by atoms with Crippen LogP contribution in [0.1, 0.15) is 0 Å². The Morgan fingerprint density at radius 3 is 1.49 bits per heavy atom. The molecule has 4 heteroatoms. The first kappa shape index (κ1) is 34.9. The topological polar surface area (TPSA) is 34.9 Å². The molecular weight excluding hydrogens is 736 g/mol. The lowest BCUT2D eigenvalue weighted by atomic mass is 9.95. The molecular formula is C55H37N2OP. The van der Waals surface area contributed by atoms with E-state index in [1.54, 1.807) is 0 Å². The third-order valence-corrected chi connectivity index (χ3v) is 14.7. The molecule has 0 saturated carbocycles. The molecule has 0 aliphatic heterocycles. The van der Waals surface area contributed by atoms with Gasteiger partial charge in [-0.1, -0.05) is 182 Å². The van der Waals surface area contributed by atoms with Crippen LogP contribution in [0.4, 0.5) is 0 Å². The summed E-state index contributed by atoms with van der Waals surface area (Å²) in [6, 6.07) is 77.9. The fourth-order valence-electron chi connectivity index (χ4n) is 8.76. The molecule has 0 aliphatic carbocycles. The van der Waals surface area contributed by atoms with Crippen LogP contribution in [-0.2, 0) is 4.57 Å². The first-order valence-electron chi connectivity index (χ1n) is 20.0. The van der Waals surface area contributed by atoms with Gasteiger partial charge in [-0.15, -0.1) is 0 Å². The Bertz CT molecular complexity index is 3320. The number of para-hydroxylation sites is 2. The molecule has 0 unspecified atom stereocenters. The quantitative estimate of drug-likeness (QED) is 0.119. The van der Waals surface area contributed by atoms with E-state index in [0.29, 0.717) is 0 Å². The number of nitrogens with zero attached hydrogens (tertiary/aromatic N) is 2. The maximum absolute atomic E-state index is 14.9. The molecule has 2 heterocycles. The average Bonchev–Trinajstić information content (AvgIpc) is 3.64. The predicted octanol–water partition coefficient (Wildman–Crippen LogP) is 13.1. The highest BCUT2D eigenvalue weighted by molar-refractivity contribution is 7.85. The minimum Gasteiger partial charge on any atom is -0.309 e. The van der Waals surface area contributed by atoms with Crippen molar-refractivity contribution in [1.82, 2.24) is 9.55 Å². The Morgan fingerprint density at radius 1 is 0.339 bits per heavy atom. The van der Waals surface area contributed by atoms with Crippen molar-refractivity contribution >= 4 is 66.5 Å². The molecule has 11 aromatic rings. The molecule has 59 heavy (non-hydrogen) atoms. The summed E-state index contributed by atoms with van der Waals surface area (Å²) in [4.78, 5) is 5.35. The molecule has 0 aliphatic rings.